The fourth-order valence-corrected chi connectivity index (χ4v) is 5.11. The molecule has 1 aromatic carbocycles. The van der Waals surface area contributed by atoms with E-state index in [1.54, 1.807) is 6.07 Å². The van der Waals surface area contributed by atoms with Crippen LogP contribution in [0.4, 0.5) is 0 Å². The van der Waals surface area contributed by atoms with Crippen LogP contribution >= 0.6 is 11.8 Å². The van der Waals surface area contributed by atoms with Crippen molar-refractivity contribution < 1.29 is 4.79 Å². The van der Waals surface area contributed by atoms with Crippen molar-refractivity contribution >= 4 is 28.7 Å². The van der Waals surface area contributed by atoms with Gasteiger partial charge in [0.25, 0.3) is 5.56 Å². The average molecular weight is 380 g/mol. The number of rotatable bonds is 3. The Morgan fingerprint density at radius 2 is 2.04 bits per heavy atom. The SMILES string of the molecule is O=C(CSc1nc2ccccc2[nH]1)N1C[C@@H]2C[C@H](C1)c1cccc(=O)n1C2. The number of likely N-dealkylation sites (tertiary alicyclic amines) is 1. The third-order valence-corrected chi connectivity index (χ3v) is 6.39. The normalized spacial score (nSPS) is 21.3. The van der Waals surface area contributed by atoms with Gasteiger partial charge in [-0.3, -0.25) is 9.59 Å². The summed E-state index contributed by atoms with van der Waals surface area (Å²) in [5.74, 6) is 1.13. The molecule has 2 atom stereocenters. The zero-order chi connectivity index (χ0) is 18.4. The number of H-pyrrole nitrogens is 1. The van der Waals surface area contributed by atoms with Gasteiger partial charge >= 0.3 is 0 Å². The number of amides is 1. The summed E-state index contributed by atoms with van der Waals surface area (Å²) in [5.41, 5.74) is 3.05. The first kappa shape index (κ1) is 16.6. The lowest BCUT2D eigenvalue weighted by atomic mass is 9.83. The molecule has 0 unspecified atom stereocenters. The lowest BCUT2D eigenvalue weighted by Crippen LogP contribution is -2.49. The van der Waals surface area contributed by atoms with Crippen molar-refractivity contribution in [3.8, 4) is 0 Å². The minimum absolute atomic E-state index is 0.0717. The number of fused-ring (bicyclic) bond motifs is 5. The van der Waals surface area contributed by atoms with Gasteiger partial charge in [0.15, 0.2) is 5.16 Å². The van der Waals surface area contributed by atoms with Gasteiger partial charge in [0.1, 0.15) is 0 Å². The number of imidazole rings is 1. The van der Waals surface area contributed by atoms with Gasteiger partial charge in [0, 0.05) is 37.3 Å². The first-order valence-corrected chi connectivity index (χ1v) is 10.2. The summed E-state index contributed by atoms with van der Waals surface area (Å²) in [6, 6.07) is 13.3. The highest BCUT2D eigenvalue weighted by atomic mass is 32.2. The Labute approximate surface area is 160 Å². The maximum Gasteiger partial charge on any atom is 0.250 e. The molecule has 2 aliphatic rings. The van der Waals surface area contributed by atoms with E-state index in [1.807, 2.05) is 45.9 Å². The van der Waals surface area contributed by atoms with E-state index in [4.69, 9.17) is 0 Å². The minimum Gasteiger partial charge on any atom is -0.341 e. The number of aromatic nitrogens is 3. The molecule has 1 amide bonds. The van der Waals surface area contributed by atoms with Gasteiger partial charge in [0.05, 0.1) is 16.8 Å². The molecule has 6 nitrogen and oxygen atoms in total. The molecule has 1 fully saturated rings. The molecule has 2 bridgehead atoms. The molecule has 2 aliphatic heterocycles. The number of hydrogen-bond acceptors (Lipinski definition) is 4. The smallest absolute Gasteiger partial charge is 0.250 e. The van der Waals surface area contributed by atoms with E-state index >= 15 is 0 Å². The fourth-order valence-electron chi connectivity index (χ4n) is 4.32. The largest absolute Gasteiger partial charge is 0.341 e. The van der Waals surface area contributed by atoms with E-state index in [1.165, 1.54) is 11.8 Å². The van der Waals surface area contributed by atoms with Gasteiger partial charge in [-0.15, -0.1) is 0 Å². The van der Waals surface area contributed by atoms with Crippen LogP contribution in [-0.4, -0.2) is 44.2 Å². The highest BCUT2D eigenvalue weighted by Gasteiger charge is 2.36. The number of carbonyl (C=O) groups excluding carboxylic acids is 1. The molecular weight excluding hydrogens is 360 g/mol. The first-order valence-electron chi connectivity index (χ1n) is 9.22. The summed E-state index contributed by atoms with van der Waals surface area (Å²) in [6.07, 6.45) is 1.06. The zero-order valence-corrected chi connectivity index (χ0v) is 15.6. The van der Waals surface area contributed by atoms with Crippen molar-refractivity contribution in [3.05, 3.63) is 58.5 Å². The second-order valence-corrected chi connectivity index (χ2v) is 8.31. The Hall–Kier alpha value is -2.54. The lowest BCUT2D eigenvalue weighted by Gasteiger charge is -2.42. The van der Waals surface area contributed by atoms with E-state index in [2.05, 4.69) is 9.97 Å². The molecule has 0 saturated carbocycles. The topological polar surface area (TPSA) is 71.0 Å². The van der Waals surface area contributed by atoms with Crippen LogP contribution in [-0.2, 0) is 11.3 Å². The molecular formula is C20H20N4O2S. The Balaban J connectivity index is 1.28. The molecule has 4 heterocycles. The number of piperidine rings is 1. The summed E-state index contributed by atoms with van der Waals surface area (Å²) >= 11 is 1.45. The molecule has 27 heavy (non-hydrogen) atoms. The van der Waals surface area contributed by atoms with Crippen molar-refractivity contribution in [1.82, 2.24) is 19.4 Å². The monoisotopic (exact) mass is 380 g/mol. The molecule has 0 spiro atoms. The van der Waals surface area contributed by atoms with E-state index in [0.29, 0.717) is 24.8 Å². The number of nitrogens with zero attached hydrogens (tertiary/aromatic N) is 3. The maximum absolute atomic E-state index is 12.8. The van der Waals surface area contributed by atoms with Gasteiger partial charge < -0.3 is 14.5 Å². The third kappa shape index (κ3) is 3.06. The maximum atomic E-state index is 12.8. The van der Waals surface area contributed by atoms with Crippen molar-refractivity contribution in [3.63, 3.8) is 0 Å². The molecule has 138 valence electrons. The molecule has 0 aliphatic carbocycles. The molecule has 5 rings (SSSR count). The molecule has 2 aromatic heterocycles. The van der Waals surface area contributed by atoms with Gasteiger partial charge in [-0.2, -0.15) is 0 Å². The van der Waals surface area contributed by atoms with Crippen LogP contribution < -0.4 is 5.56 Å². The second kappa shape index (κ2) is 6.56. The quantitative estimate of drug-likeness (QED) is 0.709. The summed E-state index contributed by atoms with van der Waals surface area (Å²) in [6.45, 7) is 2.14. The van der Waals surface area contributed by atoms with E-state index < -0.39 is 0 Å². The van der Waals surface area contributed by atoms with E-state index in [-0.39, 0.29) is 17.4 Å². The van der Waals surface area contributed by atoms with Gasteiger partial charge in [-0.25, -0.2) is 4.98 Å². The highest BCUT2D eigenvalue weighted by Crippen LogP contribution is 2.35. The lowest BCUT2D eigenvalue weighted by molar-refractivity contribution is -0.131. The van der Waals surface area contributed by atoms with Crippen LogP contribution in [0.5, 0.6) is 0 Å². The zero-order valence-electron chi connectivity index (χ0n) is 14.8. The number of nitrogens with one attached hydrogen (secondary N) is 1. The highest BCUT2D eigenvalue weighted by molar-refractivity contribution is 7.99. The Bertz CT molecular complexity index is 1040. The molecule has 1 saturated heterocycles. The number of benzene rings is 1. The number of aromatic amines is 1. The third-order valence-electron chi connectivity index (χ3n) is 5.53. The first-order chi connectivity index (χ1) is 13.2. The van der Waals surface area contributed by atoms with E-state index in [0.717, 1.165) is 34.8 Å². The van der Waals surface area contributed by atoms with Gasteiger partial charge in [-0.1, -0.05) is 30.0 Å². The summed E-state index contributed by atoms with van der Waals surface area (Å²) < 4.78 is 1.89. The predicted molar refractivity (Wildman–Crippen MR) is 105 cm³/mol. The Morgan fingerprint density at radius 1 is 1.15 bits per heavy atom. The van der Waals surface area contributed by atoms with Crippen LogP contribution in [0.2, 0.25) is 0 Å². The standard InChI is InChI=1S/C20H20N4O2S/c25-18-7-3-6-17-14-8-13(10-24(17)18)9-23(11-14)19(26)12-27-20-21-15-4-1-2-5-16(15)22-20/h1-7,13-14H,8-12H2,(H,21,22)/t13-,14+/m0/s1. The second-order valence-electron chi connectivity index (χ2n) is 7.34. The number of pyridine rings is 1. The van der Waals surface area contributed by atoms with Crippen LogP contribution in [0.25, 0.3) is 11.0 Å². The number of para-hydroxylation sites is 2. The van der Waals surface area contributed by atoms with Gasteiger partial charge in [-0.05, 0) is 30.5 Å². The predicted octanol–water partition coefficient (Wildman–Crippen LogP) is 2.46. The Kier molecular flexibility index (Phi) is 4.04. The van der Waals surface area contributed by atoms with Crippen LogP contribution in [0.3, 0.4) is 0 Å². The number of thioether (sulfide) groups is 1. The number of carbonyl (C=O) groups is 1. The average Bonchev–Trinajstić information content (AvgIpc) is 3.10. The van der Waals surface area contributed by atoms with Crippen molar-refractivity contribution in [2.75, 3.05) is 18.8 Å². The molecule has 1 N–H and O–H groups in total. The van der Waals surface area contributed by atoms with Crippen LogP contribution in [0.1, 0.15) is 18.0 Å². The molecule has 0 radical (unpaired) electrons. The fraction of sp³-hybridized carbons (Fsp3) is 0.350. The Morgan fingerprint density at radius 3 is 2.93 bits per heavy atom. The summed E-state index contributed by atoms with van der Waals surface area (Å²) in [7, 11) is 0. The van der Waals surface area contributed by atoms with Crippen molar-refractivity contribution in [2.45, 2.75) is 24.0 Å². The van der Waals surface area contributed by atoms with Gasteiger partial charge in [0.2, 0.25) is 5.91 Å². The van der Waals surface area contributed by atoms with Crippen molar-refractivity contribution in [1.29, 1.82) is 0 Å². The van der Waals surface area contributed by atoms with Crippen LogP contribution in [0, 0.1) is 5.92 Å². The minimum atomic E-state index is 0.0717. The van der Waals surface area contributed by atoms with E-state index in [9.17, 15) is 9.59 Å². The van der Waals surface area contributed by atoms with Crippen molar-refractivity contribution in [2.24, 2.45) is 5.92 Å². The van der Waals surface area contributed by atoms with Crippen LogP contribution in [0.15, 0.2) is 52.4 Å². The summed E-state index contributed by atoms with van der Waals surface area (Å²) in [5, 5.41) is 0.777. The molecule has 7 heteroatoms. The number of hydrogen-bond donors (Lipinski definition) is 1. The molecule has 3 aromatic rings. The summed E-state index contributed by atoms with van der Waals surface area (Å²) in [4.78, 5) is 34.7.